The number of rotatable bonds is 3. The van der Waals surface area contributed by atoms with Crippen molar-refractivity contribution in [1.29, 1.82) is 0 Å². The molecule has 1 amide bonds. The van der Waals surface area contributed by atoms with Crippen molar-refractivity contribution in [3.05, 3.63) is 0 Å². The number of hydrogen-bond acceptors (Lipinski definition) is 3. The Morgan fingerprint density at radius 1 is 1.11 bits per heavy atom. The van der Waals surface area contributed by atoms with Crippen molar-refractivity contribution in [2.24, 2.45) is 11.7 Å². The monoisotopic (exact) mass is 268 g/mol. The average Bonchev–Trinajstić information content (AvgIpc) is 2.64. The summed E-state index contributed by atoms with van der Waals surface area (Å²) in [7, 11) is 0. The van der Waals surface area contributed by atoms with E-state index in [1.807, 2.05) is 4.90 Å². The highest BCUT2D eigenvalue weighted by molar-refractivity contribution is 5.80. The first-order chi connectivity index (χ1) is 9.24. The molecule has 1 aliphatic heterocycles. The van der Waals surface area contributed by atoms with Gasteiger partial charge in [0.25, 0.3) is 0 Å². The minimum absolute atomic E-state index is 0.0155. The fourth-order valence-electron chi connectivity index (χ4n) is 3.60. The maximum atomic E-state index is 12.8. The van der Waals surface area contributed by atoms with Gasteiger partial charge in [-0.1, -0.05) is 19.3 Å². The van der Waals surface area contributed by atoms with E-state index in [-0.39, 0.29) is 30.5 Å². The van der Waals surface area contributed by atoms with E-state index in [2.05, 4.69) is 0 Å². The van der Waals surface area contributed by atoms with Crippen molar-refractivity contribution < 1.29 is 9.90 Å². The molecule has 4 heteroatoms. The predicted octanol–water partition coefficient (Wildman–Crippen LogP) is 1.66. The summed E-state index contributed by atoms with van der Waals surface area (Å²) in [5, 5.41) is 9.16. The van der Waals surface area contributed by atoms with Gasteiger partial charge in [-0.2, -0.15) is 0 Å². The minimum Gasteiger partial charge on any atom is -0.396 e. The number of nitrogens with two attached hydrogens (primary N) is 1. The Hall–Kier alpha value is -0.610. The summed E-state index contributed by atoms with van der Waals surface area (Å²) in [6.07, 6.45) is 9.44. The quantitative estimate of drug-likeness (QED) is 0.765. The molecule has 4 nitrogen and oxygen atoms in total. The molecule has 3 unspecified atom stereocenters. The molecule has 0 bridgehead atoms. The van der Waals surface area contributed by atoms with Crippen LogP contribution in [0, 0.1) is 5.92 Å². The standard InChI is InChI=1S/C15H28N2O2/c16-14-8-3-1-2-7-13(14)15(19)17-10-5-4-6-12(17)9-11-18/h12-14,18H,1-11,16H2. The number of carbonyl (C=O) groups is 1. The van der Waals surface area contributed by atoms with Crippen LogP contribution in [0.1, 0.15) is 57.8 Å². The molecule has 1 saturated carbocycles. The second kappa shape index (κ2) is 7.25. The fourth-order valence-corrected chi connectivity index (χ4v) is 3.60. The molecule has 0 radical (unpaired) electrons. The molecule has 0 spiro atoms. The molecule has 19 heavy (non-hydrogen) atoms. The number of piperidine rings is 1. The first-order valence-corrected chi connectivity index (χ1v) is 7.91. The van der Waals surface area contributed by atoms with Crippen LogP contribution in [0.15, 0.2) is 0 Å². The lowest BCUT2D eigenvalue weighted by Crippen LogP contribution is -2.50. The Bertz CT molecular complexity index is 294. The van der Waals surface area contributed by atoms with Crippen LogP contribution in [0.5, 0.6) is 0 Å². The van der Waals surface area contributed by atoms with Gasteiger partial charge < -0.3 is 15.7 Å². The van der Waals surface area contributed by atoms with E-state index in [0.29, 0.717) is 6.42 Å². The molecule has 3 atom stereocenters. The summed E-state index contributed by atoms with van der Waals surface area (Å²) in [6, 6.07) is 0.272. The van der Waals surface area contributed by atoms with Gasteiger partial charge in [0.05, 0.1) is 5.92 Å². The van der Waals surface area contributed by atoms with E-state index in [4.69, 9.17) is 10.8 Å². The van der Waals surface area contributed by atoms with Gasteiger partial charge in [0.1, 0.15) is 0 Å². The van der Waals surface area contributed by atoms with Gasteiger partial charge in [-0.25, -0.2) is 0 Å². The molecule has 1 aliphatic carbocycles. The van der Waals surface area contributed by atoms with E-state index in [9.17, 15) is 4.79 Å². The summed E-state index contributed by atoms with van der Waals surface area (Å²) in [4.78, 5) is 14.8. The summed E-state index contributed by atoms with van der Waals surface area (Å²) in [5.74, 6) is 0.273. The van der Waals surface area contributed by atoms with Crippen molar-refractivity contribution >= 4 is 5.91 Å². The van der Waals surface area contributed by atoms with Crippen LogP contribution in [0.4, 0.5) is 0 Å². The molecule has 2 fully saturated rings. The number of nitrogens with zero attached hydrogens (tertiary/aromatic N) is 1. The third-order valence-corrected chi connectivity index (χ3v) is 4.76. The molecule has 3 N–H and O–H groups in total. The van der Waals surface area contributed by atoms with Crippen molar-refractivity contribution in [3.8, 4) is 0 Å². The highest BCUT2D eigenvalue weighted by atomic mass is 16.3. The molecule has 2 aliphatic rings. The van der Waals surface area contributed by atoms with Crippen LogP contribution < -0.4 is 5.73 Å². The number of aliphatic hydroxyl groups is 1. The fraction of sp³-hybridized carbons (Fsp3) is 0.933. The van der Waals surface area contributed by atoms with E-state index in [0.717, 1.165) is 45.1 Å². The van der Waals surface area contributed by atoms with Crippen LogP contribution in [0.3, 0.4) is 0 Å². The Balaban J connectivity index is 2.02. The zero-order valence-corrected chi connectivity index (χ0v) is 11.9. The lowest BCUT2D eigenvalue weighted by Gasteiger charge is -2.38. The Morgan fingerprint density at radius 3 is 2.63 bits per heavy atom. The van der Waals surface area contributed by atoms with E-state index in [1.165, 1.54) is 12.8 Å². The molecule has 2 rings (SSSR count). The molecular weight excluding hydrogens is 240 g/mol. The Kier molecular flexibility index (Phi) is 5.64. The largest absolute Gasteiger partial charge is 0.396 e. The van der Waals surface area contributed by atoms with E-state index < -0.39 is 0 Å². The van der Waals surface area contributed by atoms with Crippen LogP contribution in [-0.4, -0.2) is 41.1 Å². The minimum atomic E-state index is 0.0155. The first kappa shape index (κ1) is 14.8. The highest BCUT2D eigenvalue weighted by Crippen LogP contribution is 2.28. The molecule has 0 aromatic rings. The maximum absolute atomic E-state index is 12.8. The molecule has 0 aromatic heterocycles. The van der Waals surface area contributed by atoms with Crippen molar-refractivity contribution in [2.45, 2.75) is 69.9 Å². The van der Waals surface area contributed by atoms with Gasteiger partial charge in [0.2, 0.25) is 5.91 Å². The second-order valence-electron chi connectivity index (χ2n) is 6.10. The summed E-state index contributed by atoms with van der Waals surface area (Å²) >= 11 is 0. The van der Waals surface area contributed by atoms with Crippen molar-refractivity contribution in [1.82, 2.24) is 4.90 Å². The van der Waals surface area contributed by atoms with Crippen LogP contribution in [0.2, 0.25) is 0 Å². The van der Waals surface area contributed by atoms with Gasteiger partial charge in [0.15, 0.2) is 0 Å². The van der Waals surface area contributed by atoms with E-state index >= 15 is 0 Å². The van der Waals surface area contributed by atoms with Gasteiger partial charge in [0, 0.05) is 25.2 Å². The maximum Gasteiger partial charge on any atom is 0.227 e. The second-order valence-corrected chi connectivity index (χ2v) is 6.10. The van der Waals surface area contributed by atoms with Crippen LogP contribution >= 0.6 is 0 Å². The number of likely N-dealkylation sites (tertiary alicyclic amines) is 1. The summed E-state index contributed by atoms with van der Waals surface area (Å²) in [6.45, 7) is 1.03. The summed E-state index contributed by atoms with van der Waals surface area (Å²) in [5.41, 5.74) is 6.21. The zero-order chi connectivity index (χ0) is 13.7. The number of carbonyl (C=O) groups excluding carboxylic acids is 1. The van der Waals surface area contributed by atoms with Crippen molar-refractivity contribution in [2.75, 3.05) is 13.2 Å². The SMILES string of the molecule is NC1CCCCCC1C(=O)N1CCCCC1CCO. The Morgan fingerprint density at radius 2 is 1.84 bits per heavy atom. The molecule has 1 saturated heterocycles. The van der Waals surface area contributed by atoms with Gasteiger partial charge in [-0.3, -0.25) is 4.79 Å². The number of aliphatic hydroxyl groups excluding tert-OH is 1. The van der Waals surface area contributed by atoms with E-state index in [1.54, 1.807) is 0 Å². The lowest BCUT2D eigenvalue weighted by atomic mass is 9.91. The number of amides is 1. The molecule has 0 aromatic carbocycles. The van der Waals surface area contributed by atoms with Gasteiger partial charge in [-0.15, -0.1) is 0 Å². The first-order valence-electron chi connectivity index (χ1n) is 7.91. The molecular formula is C15H28N2O2. The van der Waals surface area contributed by atoms with Gasteiger partial charge in [-0.05, 0) is 38.5 Å². The lowest BCUT2D eigenvalue weighted by molar-refractivity contribution is -0.140. The number of hydrogen-bond donors (Lipinski definition) is 2. The third-order valence-electron chi connectivity index (χ3n) is 4.76. The predicted molar refractivity (Wildman–Crippen MR) is 75.6 cm³/mol. The molecule has 110 valence electrons. The molecule has 1 heterocycles. The summed E-state index contributed by atoms with van der Waals surface area (Å²) < 4.78 is 0. The highest BCUT2D eigenvalue weighted by Gasteiger charge is 2.34. The smallest absolute Gasteiger partial charge is 0.227 e. The normalized spacial score (nSPS) is 32.9. The van der Waals surface area contributed by atoms with Crippen molar-refractivity contribution in [3.63, 3.8) is 0 Å². The van der Waals surface area contributed by atoms with Crippen LogP contribution in [0.25, 0.3) is 0 Å². The zero-order valence-electron chi connectivity index (χ0n) is 11.9. The van der Waals surface area contributed by atoms with Gasteiger partial charge >= 0.3 is 0 Å². The average molecular weight is 268 g/mol. The third kappa shape index (κ3) is 3.69. The van der Waals surface area contributed by atoms with Crippen LogP contribution in [-0.2, 0) is 4.79 Å². The Labute approximate surface area is 116 Å². The topological polar surface area (TPSA) is 66.6 Å².